The van der Waals surface area contributed by atoms with E-state index < -0.39 is 15.8 Å². The van der Waals surface area contributed by atoms with E-state index in [-0.39, 0.29) is 18.4 Å². The molecular weight excluding hydrogens is 282 g/mol. The summed E-state index contributed by atoms with van der Waals surface area (Å²) < 4.78 is 30.2. The molecule has 1 N–H and O–H groups in total. The highest BCUT2D eigenvalue weighted by molar-refractivity contribution is 7.92. The molecule has 1 aromatic carbocycles. The van der Waals surface area contributed by atoms with Crippen LogP contribution in [0.3, 0.4) is 0 Å². The molecule has 1 aromatic heterocycles. The van der Waals surface area contributed by atoms with Crippen molar-refractivity contribution < 1.29 is 12.8 Å². The van der Waals surface area contributed by atoms with Crippen LogP contribution >= 0.6 is 0 Å². The van der Waals surface area contributed by atoms with Gasteiger partial charge in [-0.3, -0.25) is 4.31 Å². The molecule has 1 atom stereocenters. The van der Waals surface area contributed by atoms with Gasteiger partial charge in [0.25, 0.3) is 0 Å². The molecule has 1 aliphatic rings. The Kier molecular flexibility index (Phi) is 2.89. The Labute approximate surface area is 115 Å². The van der Waals surface area contributed by atoms with Crippen LogP contribution in [0.2, 0.25) is 0 Å². The van der Waals surface area contributed by atoms with Crippen LogP contribution in [-0.4, -0.2) is 31.4 Å². The number of para-hydroxylation sites is 1. The van der Waals surface area contributed by atoms with Gasteiger partial charge in [0.1, 0.15) is 0 Å². The van der Waals surface area contributed by atoms with Crippen LogP contribution in [0, 0.1) is 0 Å². The molecule has 20 heavy (non-hydrogen) atoms. The molecule has 0 amide bonds. The highest BCUT2D eigenvalue weighted by Crippen LogP contribution is 2.34. The van der Waals surface area contributed by atoms with Crippen LogP contribution < -0.4 is 10.1 Å². The first-order chi connectivity index (χ1) is 9.45. The molecule has 7 nitrogen and oxygen atoms in total. The molecule has 1 aliphatic heterocycles. The Hall–Kier alpha value is -2.09. The van der Waals surface area contributed by atoms with Crippen molar-refractivity contribution in [3.63, 3.8) is 0 Å². The first kappa shape index (κ1) is 12.9. The predicted molar refractivity (Wildman–Crippen MR) is 72.2 cm³/mol. The molecule has 3 rings (SSSR count). The number of rotatable bonds is 2. The van der Waals surface area contributed by atoms with Gasteiger partial charge in [0.2, 0.25) is 15.9 Å². The summed E-state index contributed by atoms with van der Waals surface area (Å²) in [5, 5.41) is 6.01. The molecular formula is C12H13N3O4S. The maximum absolute atomic E-state index is 11.9. The first-order valence-corrected chi connectivity index (χ1v) is 7.91. The highest BCUT2D eigenvalue weighted by atomic mass is 32.2. The van der Waals surface area contributed by atoms with Crippen LogP contribution in [0.25, 0.3) is 0 Å². The average Bonchev–Trinajstić information content (AvgIpc) is 2.83. The Morgan fingerprint density at radius 2 is 2.15 bits per heavy atom. The zero-order valence-electron chi connectivity index (χ0n) is 10.7. The molecule has 0 saturated carbocycles. The number of aromatic amines is 1. The third-order valence-corrected chi connectivity index (χ3v) is 4.46. The molecule has 106 valence electrons. The summed E-state index contributed by atoms with van der Waals surface area (Å²) in [6, 6.07) is 7.28. The molecule has 2 aromatic rings. The van der Waals surface area contributed by atoms with Gasteiger partial charge in [-0.15, -0.1) is 5.10 Å². The molecule has 0 unspecified atom stereocenters. The van der Waals surface area contributed by atoms with Crippen LogP contribution in [0.15, 0.2) is 33.5 Å². The largest absolute Gasteiger partial charge is 0.434 e. The summed E-state index contributed by atoms with van der Waals surface area (Å²) in [6.45, 7) is 0.212. The number of hydrogen-bond donors (Lipinski definition) is 1. The molecule has 0 saturated heterocycles. The van der Waals surface area contributed by atoms with E-state index in [1.54, 1.807) is 12.1 Å². The van der Waals surface area contributed by atoms with E-state index in [4.69, 9.17) is 4.42 Å². The second-order valence-electron chi connectivity index (χ2n) is 4.78. The molecule has 0 aliphatic carbocycles. The highest BCUT2D eigenvalue weighted by Gasteiger charge is 2.32. The van der Waals surface area contributed by atoms with Crippen molar-refractivity contribution >= 4 is 15.7 Å². The van der Waals surface area contributed by atoms with E-state index in [1.807, 2.05) is 12.1 Å². The lowest BCUT2D eigenvalue weighted by Crippen LogP contribution is -2.38. The third-order valence-electron chi connectivity index (χ3n) is 3.32. The fourth-order valence-corrected chi connectivity index (χ4v) is 3.44. The SMILES string of the molecule is CS(=O)(=O)N1C[C@H](c2n[nH]c(=O)o2)Cc2ccccc21. The van der Waals surface area contributed by atoms with Crippen molar-refractivity contribution in [3.05, 3.63) is 46.3 Å². The Morgan fingerprint density at radius 1 is 1.40 bits per heavy atom. The normalized spacial score (nSPS) is 18.9. The lowest BCUT2D eigenvalue weighted by atomic mass is 9.94. The van der Waals surface area contributed by atoms with Gasteiger partial charge in [-0.1, -0.05) is 18.2 Å². The van der Waals surface area contributed by atoms with Gasteiger partial charge in [0, 0.05) is 6.54 Å². The Balaban J connectivity index is 2.07. The maximum atomic E-state index is 11.9. The molecule has 2 heterocycles. The minimum atomic E-state index is -3.40. The number of H-pyrrole nitrogens is 1. The summed E-state index contributed by atoms with van der Waals surface area (Å²) >= 11 is 0. The van der Waals surface area contributed by atoms with E-state index in [0.29, 0.717) is 12.1 Å². The van der Waals surface area contributed by atoms with Gasteiger partial charge >= 0.3 is 5.76 Å². The van der Waals surface area contributed by atoms with Crippen LogP contribution in [-0.2, 0) is 16.4 Å². The monoisotopic (exact) mass is 295 g/mol. The number of nitrogens with one attached hydrogen (secondary N) is 1. The zero-order chi connectivity index (χ0) is 14.3. The van der Waals surface area contributed by atoms with Crippen molar-refractivity contribution in [2.45, 2.75) is 12.3 Å². The second-order valence-corrected chi connectivity index (χ2v) is 6.68. The zero-order valence-corrected chi connectivity index (χ0v) is 11.6. The Bertz CT molecular complexity index is 793. The van der Waals surface area contributed by atoms with Gasteiger partial charge in [-0.25, -0.2) is 18.3 Å². The summed E-state index contributed by atoms with van der Waals surface area (Å²) in [7, 11) is -3.40. The fourth-order valence-electron chi connectivity index (χ4n) is 2.45. The number of fused-ring (bicyclic) bond motifs is 1. The van der Waals surface area contributed by atoms with E-state index in [0.717, 1.165) is 11.8 Å². The summed E-state index contributed by atoms with van der Waals surface area (Å²) in [4.78, 5) is 11.0. The molecule has 0 spiro atoms. The lowest BCUT2D eigenvalue weighted by Gasteiger charge is -2.32. The van der Waals surface area contributed by atoms with Crippen molar-refractivity contribution in [3.8, 4) is 0 Å². The van der Waals surface area contributed by atoms with Gasteiger partial charge in [0.15, 0.2) is 0 Å². The Morgan fingerprint density at radius 3 is 2.80 bits per heavy atom. The van der Waals surface area contributed by atoms with Crippen LogP contribution in [0.1, 0.15) is 17.4 Å². The number of hydrogen-bond acceptors (Lipinski definition) is 5. The smallest absolute Gasteiger partial charge is 0.392 e. The maximum Gasteiger partial charge on any atom is 0.434 e. The number of nitrogens with zero attached hydrogens (tertiary/aromatic N) is 2. The quantitative estimate of drug-likeness (QED) is 0.868. The molecule has 0 bridgehead atoms. The lowest BCUT2D eigenvalue weighted by molar-refractivity contribution is 0.418. The van der Waals surface area contributed by atoms with Crippen LogP contribution in [0.4, 0.5) is 5.69 Å². The number of anilines is 1. The molecule has 8 heteroatoms. The first-order valence-electron chi connectivity index (χ1n) is 6.06. The topological polar surface area (TPSA) is 96.3 Å². The van der Waals surface area contributed by atoms with E-state index in [1.165, 1.54) is 4.31 Å². The predicted octanol–water partition coefficient (Wildman–Crippen LogP) is 0.469. The number of benzene rings is 1. The summed E-state index contributed by atoms with van der Waals surface area (Å²) in [6.07, 6.45) is 1.74. The van der Waals surface area contributed by atoms with Crippen molar-refractivity contribution in [2.24, 2.45) is 0 Å². The standard InChI is InChI=1S/C12H13N3O4S/c1-20(17,18)15-7-9(11-13-14-12(16)19-11)6-8-4-2-3-5-10(8)15/h2-5,9H,6-7H2,1H3,(H,14,16)/t9-/m1/s1. The van der Waals surface area contributed by atoms with E-state index >= 15 is 0 Å². The van der Waals surface area contributed by atoms with Gasteiger partial charge in [0.05, 0.1) is 17.9 Å². The number of aromatic nitrogens is 2. The van der Waals surface area contributed by atoms with Gasteiger partial charge < -0.3 is 4.42 Å². The van der Waals surface area contributed by atoms with Crippen molar-refractivity contribution in [1.29, 1.82) is 0 Å². The second kappa shape index (κ2) is 4.48. The fraction of sp³-hybridized carbons (Fsp3) is 0.333. The van der Waals surface area contributed by atoms with Crippen LogP contribution in [0.5, 0.6) is 0 Å². The van der Waals surface area contributed by atoms with E-state index in [2.05, 4.69) is 10.2 Å². The summed E-state index contributed by atoms with van der Waals surface area (Å²) in [5.41, 5.74) is 1.56. The van der Waals surface area contributed by atoms with Gasteiger partial charge in [-0.05, 0) is 18.1 Å². The van der Waals surface area contributed by atoms with E-state index in [9.17, 15) is 13.2 Å². The minimum Gasteiger partial charge on any atom is -0.392 e. The van der Waals surface area contributed by atoms with Crippen molar-refractivity contribution in [1.82, 2.24) is 10.2 Å². The molecule has 0 fully saturated rings. The number of sulfonamides is 1. The van der Waals surface area contributed by atoms with Crippen molar-refractivity contribution in [2.75, 3.05) is 17.1 Å². The summed E-state index contributed by atoms with van der Waals surface area (Å²) in [5.74, 6) is -0.679. The molecule has 0 radical (unpaired) electrons. The van der Waals surface area contributed by atoms with Gasteiger partial charge in [-0.2, -0.15) is 0 Å². The third kappa shape index (κ3) is 2.22. The average molecular weight is 295 g/mol. The minimum absolute atomic E-state index is 0.212.